The molecule has 0 N–H and O–H groups in total. The predicted octanol–water partition coefficient (Wildman–Crippen LogP) is 1.92. The largest absolute Gasteiger partial charge is 0.374 e. The Hall–Kier alpha value is -1.94. The molecule has 0 saturated carbocycles. The highest BCUT2D eigenvalue weighted by Gasteiger charge is 2.21. The van der Waals surface area contributed by atoms with Crippen LogP contribution in [0.15, 0.2) is 49.1 Å². The number of aromatic nitrogens is 2. The van der Waals surface area contributed by atoms with Crippen LogP contribution in [0.4, 0.5) is 5.69 Å². The van der Waals surface area contributed by atoms with Gasteiger partial charge >= 0.3 is 0 Å². The standard InChI is InChI=1S/C15H17N3O/c1-3-13(10-16-5-1)9-15-12-18(7-8-19-15)14-4-2-6-17-11-14/h1-6,10-11,15H,7-9,12H2. The van der Waals surface area contributed by atoms with Gasteiger partial charge < -0.3 is 9.64 Å². The summed E-state index contributed by atoms with van der Waals surface area (Å²) in [6.07, 6.45) is 8.55. The molecule has 1 aliphatic rings. The maximum absolute atomic E-state index is 5.84. The van der Waals surface area contributed by atoms with Gasteiger partial charge in [0, 0.05) is 38.1 Å². The normalized spacial score (nSPS) is 19.4. The van der Waals surface area contributed by atoms with Gasteiger partial charge in [-0.25, -0.2) is 0 Å². The summed E-state index contributed by atoms with van der Waals surface area (Å²) in [4.78, 5) is 10.7. The molecule has 98 valence electrons. The third-order valence-corrected chi connectivity index (χ3v) is 3.34. The Morgan fingerprint density at radius 2 is 2.00 bits per heavy atom. The lowest BCUT2D eigenvalue weighted by Crippen LogP contribution is -2.43. The van der Waals surface area contributed by atoms with E-state index < -0.39 is 0 Å². The molecule has 1 unspecified atom stereocenters. The van der Waals surface area contributed by atoms with E-state index in [4.69, 9.17) is 4.74 Å². The Morgan fingerprint density at radius 3 is 2.74 bits per heavy atom. The first kappa shape index (κ1) is 12.1. The summed E-state index contributed by atoms with van der Waals surface area (Å²) < 4.78 is 5.84. The van der Waals surface area contributed by atoms with E-state index in [1.165, 1.54) is 11.3 Å². The fourth-order valence-corrected chi connectivity index (χ4v) is 2.40. The van der Waals surface area contributed by atoms with Crippen molar-refractivity contribution in [1.29, 1.82) is 0 Å². The first-order chi connectivity index (χ1) is 9.42. The second-order valence-corrected chi connectivity index (χ2v) is 4.72. The highest BCUT2D eigenvalue weighted by molar-refractivity contribution is 5.44. The van der Waals surface area contributed by atoms with Crippen molar-refractivity contribution in [2.75, 3.05) is 24.6 Å². The van der Waals surface area contributed by atoms with Gasteiger partial charge in [-0.2, -0.15) is 0 Å². The van der Waals surface area contributed by atoms with E-state index in [1.54, 1.807) is 12.4 Å². The molecule has 1 saturated heterocycles. The van der Waals surface area contributed by atoms with Crippen LogP contribution in [0, 0.1) is 0 Å². The number of anilines is 1. The van der Waals surface area contributed by atoms with Crippen LogP contribution >= 0.6 is 0 Å². The van der Waals surface area contributed by atoms with Crippen molar-refractivity contribution in [3.8, 4) is 0 Å². The van der Waals surface area contributed by atoms with E-state index in [1.807, 2.05) is 24.5 Å². The molecule has 1 fully saturated rings. The lowest BCUT2D eigenvalue weighted by atomic mass is 10.1. The number of hydrogen-bond donors (Lipinski definition) is 0. The fourth-order valence-electron chi connectivity index (χ4n) is 2.40. The maximum atomic E-state index is 5.84. The van der Waals surface area contributed by atoms with Crippen molar-refractivity contribution in [3.05, 3.63) is 54.6 Å². The van der Waals surface area contributed by atoms with Crippen LogP contribution < -0.4 is 4.90 Å². The topological polar surface area (TPSA) is 38.2 Å². The Labute approximate surface area is 113 Å². The highest BCUT2D eigenvalue weighted by Crippen LogP contribution is 2.17. The maximum Gasteiger partial charge on any atom is 0.0791 e. The van der Waals surface area contributed by atoms with Crippen molar-refractivity contribution in [3.63, 3.8) is 0 Å². The van der Waals surface area contributed by atoms with Gasteiger partial charge in [0.05, 0.1) is 24.6 Å². The smallest absolute Gasteiger partial charge is 0.0791 e. The average Bonchev–Trinajstić information content (AvgIpc) is 2.49. The summed E-state index contributed by atoms with van der Waals surface area (Å²) in [6.45, 7) is 2.59. The SMILES string of the molecule is c1cncc(CC2CN(c3cccnc3)CCO2)c1. The molecule has 3 rings (SSSR count). The van der Waals surface area contributed by atoms with Gasteiger partial charge in [-0.15, -0.1) is 0 Å². The number of hydrogen-bond acceptors (Lipinski definition) is 4. The molecule has 0 aromatic carbocycles. The first-order valence-corrected chi connectivity index (χ1v) is 6.57. The minimum atomic E-state index is 0.221. The molecule has 0 amide bonds. The zero-order chi connectivity index (χ0) is 12.9. The summed E-state index contributed by atoms with van der Waals surface area (Å²) in [7, 11) is 0. The third-order valence-electron chi connectivity index (χ3n) is 3.34. The van der Waals surface area contributed by atoms with Gasteiger partial charge in [-0.05, 0) is 23.8 Å². The number of nitrogens with zero attached hydrogens (tertiary/aromatic N) is 3. The van der Waals surface area contributed by atoms with Crippen LogP contribution in [-0.4, -0.2) is 35.8 Å². The fraction of sp³-hybridized carbons (Fsp3) is 0.333. The Bertz CT molecular complexity index is 503. The molecule has 0 bridgehead atoms. The van der Waals surface area contributed by atoms with Gasteiger partial charge in [-0.1, -0.05) is 6.07 Å². The molecule has 4 nitrogen and oxygen atoms in total. The third kappa shape index (κ3) is 3.09. The quantitative estimate of drug-likeness (QED) is 0.840. The zero-order valence-electron chi connectivity index (χ0n) is 10.8. The number of ether oxygens (including phenoxy) is 1. The first-order valence-electron chi connectivity index (χ1n) is 6.57. The second-order valence-electron chi connectivity index (χ2n) is 4.72. The highest BCUT2D eigenvalue weighted by atomic mass is 16.5. The molecule has 19 heavy (non-hydrogen) atoms. The van der Waals surface area contributed by atoms with E-state index in [2.05, 4.69) is 27.0 Å². The lowest BCUT2D eigenvalue weighted by molar-refractivity contribution is 0.0410. The lowest BCUT2D eigenvalue weighted by Gasteiger charge is -2.34. The molecule has 3 heterocycles. The molecular weight excluding hydrogens is 238 g/mol. The monoisotopic (exact) mass is 255 g/mol. The van der Waals surface area contributed by atoms with Crippen LogP contribution in [0.3, 0.4) is 0 Å². The van der Waals surface area contributed by atoms with E-state index >= 15 is 0 Å². The second kappa shape index (κ2) is 5.80. The van der Waals surface area contributed by atoms with Gasteiger partial charge in [0.2, 0.25) is 0 Å². The van der Waals surface area contributed by atoms with Crippen LogP contribution in [0.5, 0.6) is 0 Å². The van der Waals surface area contributed by atoms with Crippen LogP contribution in [-0.2, 0) is 11.2 Å². The van der Waals surface area contributed by atoms with Crippen LogP contribution in [0.1, 0.15) is 5.56 Å². The van der Waals surface area contributed by atoms with Gasteiger partial charge in [0.15, 0.2) is 0 Å². The summed E-state index contributed by atoms with van der Waals surface area (Å²) in [6, 6.07) is 8.14. The molecule has 1 atom stereocenters. The van der Waals surface area contributed by atoms with Gasteiger partial charge in [-0.3, -0.25) is 9.97 Å². The molecule has 4 heteroatoms. The average molecular weight is 255 g/mol. The van der Waals surface area contributed by atoms with Crippen molar-refractivity contribution in [1.82, 2.24) is 9.97 Å². The Morgan fingerprint density at radius 1 is 1.16 bits per heavy atom. The van der Waals surface area contributed by atoms with E-state index in [0.717, 1.165) is 26.1 Å². The zero-order valence-corrected chi connectivity index (χ0v) is 10.8. The minimum Gasteiger partial charge on any atom is -0.374 e. The molecule has 1 aliphatic heterocycles. The van der Waals surface area contributed by atoms with Crippen molar-refractivity contribution in [2.45, 2.75) is 12.5 Å². The summed E-state index contributed by atoms with van der Waals surface area (Å²) in [5.41, 5.74) is 2.39. The summed E-state index contributed by atoms with van der Waals surface area (Å²) >= 11 is 0. The molecular formula is C15H17N3O. The van der Waals surface area contributed by atoms with Gasteiger partial charge in [0.25, 0.3) is 0 Å². The number of rotatable bonds is 3. The van der Waals surface area contributed by atoms with Crippen LogP contribution in [0.2, 0.25) is 0 Å². The minimum absolute atomic E-state index is 0.221. The summed E-state index contributed by atoms with van der Waals surface area (Å²) in [5, 5.41) is 0. The van der Waals surface area contributed by atoms with Crippen molar-refractivity contribution < 1.29 is 4.74 Å². The molecule has 0 radical (unpaired) electrons. The molecule has 0 spiro atoms. The van der Waals surface area contributed by atoms with E-state index in [0.29, 0.717) is 0 Å². The van der Waals surface area contributed by atoms with E-state index in [9.17, 15) is 0 Å². The van der Waals surface area contributed by atoms with Crippen LogP contribution in [0.25, 0.3) is 0 Å². The van der Waals surface area contributed by atoms with E-state index in [-0.39, 0.29) is 6.10 Å². The molecule has 2 aromatic rings. The number of pyridine rings is 2. The number of morpholine rings is 1. The Balaban J connectivity index is 1.65. The van der Waals surface area contributed by atoms with Gasteiger partial charge in [0.1, 0.15) is 0 Å². The van der Waals surface area contributed by atoms with Crippen molar-refractivity contribution >= 4 is 5.69 Å². The molecule has 0 aliphatic carbocycles. The van der Waals surface area contributed by atoms with Crippen molar-refractivity contribution in [2.24, 2.45) is 0 Å². The molecule has 2 aromatic heterocycles. The Kier molecular flexibility index (Phi) is 3.70. The summed E-state index contributed by atoms with van der Waals surface area (Å²) in [5.74, 6) is 0. The predicted molar refractivity (Wildman–Crippen MR) is 74.1 cm³/mol.